The first-order valence-electron chi connectivity index (χ1n) is 7.98. The maximum absolute atomic E-state index is 13.3. The van der Waals surface area contributed by atoms with Crippen LogP contribution in [0.15, 0.2) is 30.3 Å². The number of urea groups is 1. The van der Waals surface area contributed by atoms with Crippen molar-refractivity contribution in [3.05, 3.63) is 41.8 Å². The van der Waals surface area contributed by atoms with Crippen molar-refractivity contribution >= 4 is 11.9 Å². The monoisotopic (exact) mass is 347 g/mol. The van der Waals surface area contributed by atoms with Gasteiger partial charge in [-0.2, -0.15) is 5.10 Å². The van der Waals surface area contributed by atoms with Crippen molar-refractivity contribution in [2.24, 2.45) is 0 Å². The zero-order valence-electron chi connectivity index (χ0n) is 14.3. The first kappa shape index (κ1) is 18.6. The predicted octanol–water partition coefficient (Wildman–Crippen LogP) is 1.54. The van der Waals surface area contributed by atoms with Crippen molar-refractivity contribution in [2.75, 3.05) is 27.2 Å². The number of amides is 3. The quantitative estimate of drug-likeness (QED) is 0.709. The van der Waals surface area contributed by atoms with E-state index in [0.29, 0.717) is 12.2 Å². The van der Waals surface area contributed by atoms with Gasteiger partial charge in [0.1, 0.15) is 5.82 Å². The fourth-order valence-electron chi connectivity index (χ4n) is 2.38. The molecule has 0 saturated carbocycles. The lowest BCUT2D eigenvalue weighted by atomic mass is 10.1. The summed E-state index contributed by atoms with van der Waals surface area (Å²) >= 11 is 0. The van der Waals surface area contributed by atoms with Crippen LogP contribution in [0.4, 0.5) is 9.18 Å². The van der Waals surface area contributed by atoms with Gasteiger partial charge in [-0.3, -0.25) is 20.1 Å². The first-order chi connectivity index (χ1) is 12.0. The Hall–Kier alpha value is -2.74. The molecule has 0 atom stereocenters. The molecule has 2 rings (SSSR count). The molecule has 0 fully saturated rings. The fraction of sp³-hybridized carbons (Fsp3) is 0.353. The molecule has 0 bridgehead atoms. The number of H-pyrrole nitrogens is 1. The van der Waals surface area contributed by atoms with E-state index in [1.54, 1.807) is 6.07 Å². The molecular weight excluding hydrogens is 325 g/mol. The standard InChI is InChI=1S/C17H22FN5O2/c1-19-17(25)20-16(24)11-23(2)8-4-7-14-10-15(22-21-14)12-5-3-6-13(18)9-12/h3,5-6,9-10H,4,7-8,11H2,1-2H3,(H,21,22)(H2,19,20,24,25). The van der Waals surface area contributed by atoms with E-state index in [4.69, 9.17) is 0 Å². The number of nitrogens with zero attached hydrogens (tertiary/aromatic N) is 2. The number of rotatable bonds is 7. The summed E-state index contributed by atoms with van der Waals surface area (Å²) in [4.78, 5) is 24.5. The van der Waals surface area contributed by atoms with E-state index in [1.807, 2.05) is 24.1 Å². The normalized spacial score (nSPS) is 10.7. The third kappa shape index (κ3) is 6.00. The van der Waals surface area contributed by atoms with Crippen LogP contribution in [0.2, 0.25) is 0 Å². The largest absolute Gasteiger partial charge is 0.341 e. The molecule has 0 radical (unpaired) electrons. The number of aromatic amines is 1. The Morgan fingerprint density at radius 3 is 2.84 bits per heavy atom. The van der Waals surface area contributed by atoms with Crippen LogP contribution in [0.25, 0.3) is 11.3 Å². The van der Waals surface area contributed by atoms with Gasteiger partial charge in [0.2, 0.25) is 5.91 Å². The highest BCUT2D eigenvalue weighted by Gasteiger charge is 2.10. The molecule has 8 heteroatoms. The highest BCUT2D eigenvalue weighted by molar-refractivity contribution is 5.95. The summed E-state index contributed by atoms with van der Waals surface area (Å²) in [5.74, 6) is -0.643. The van der Waals surface area contributed by atoms with Gasteiger partial charge in [0.15, 0.2) is 0 Å². The van der Waals surface area contributed by atoms with Gasteiger partial charge in [0.05, 0.1) is 12.2 Å². The number of hydrogen-bond donors (Lipinski definition) is 3. The van der Waals surface area contributed by atoms with E-state index in [-0.39, 0.29) is 18.3 Å². The zero-order valence-corrected chi connectivity index (χ0v) is 14.3. The number of nitrogens with one attached hydrogen (secondary N) is 3. The van der Waals surface area contributed by atoms with Gasteiger partial charge in [-0.1, -0.05) is 12.1 Å². The smallest absolute Gasteiger partial charge is 0.321 e. The summed E-state index contributed by atoms with van der Waals surface area (Å²) in [7, 11) is 3.27. The minimum Gasteiger partial charge on any atom is -0.341 e. The van der Waals surface area contributed by atoms with Crippen LogP contribution in [-0.2, 0) is 11.2 Å². The summed E-state index contributed by atoms with van der Waals surface area (Å²) < 4.78 is 13.3. The van der Waals surface area contributed by atoms with Crippen molar-refractivity contribution < 1.29 is 14.0 Å². The Bertz CT molecular complexity index is 731. The highest BCUT2D eigenvalue weighted by atomic mass is 19.1. The molecule has 0 aliphatic heterocycles. The van der Waals surface area contributed by atoms with Gasteiger partial charge in [-0.15, -0.1) is 0 Å². The van der Waals surface area contributed by atoms with Gasteiger partial charge in [0.25, 0.3) is 0 Å². The van der Waals surface area contributed by atoms with E-state index in [0.717, 1.165) is 24.1 Å². The molecule has 25 heavy (non-hydrogen) atoms. The first-order valence-corrected chi connectivity index (χ1v) is 7.98. The lowest BCUT2D eigenvalue weighted by molar-refractivity contribution is -0.120. The van der Waals surface area contributed by atoms with Crippen molar-refractivity contribution in [1.29, 1.82) is 0 Å². The molecular formula is C17H22FN5O2. The van der Waals surface area contributed by atoms with E-state index >= 15 is 0 Å². The number of halogens is 1. The van der Waals surface area contributed by atoms with Gasteiger partial charge in [-0.05, 0) is 44.6 Å². The van der Waals surface area contributed by atoms with Crippen LogP contribution in [0, 0.1) is 5.82 Å². The molecule has 7 nitrogen and oxygen atoms in total. The van der Waals surface area contributed by atoms with E-state index in [9.17, 15) is 14.0 Å². The lowest BCUT2D eigenvalue weighted by Gasteiger charge is -2.15. The molecule has 2 aromatic rings. The molecule has 0 spiro atoms. The van der Waals surface area contributed by atoms with Crippen LogP contribution >= 0.6 is 0 Å². The Morgan fingerprint density at radius 1 is 1.32 bits per heavy atom. The topological polar surface area (TPSA) is 90.1 Å². The van der Waals surface area contributed by atoms with Crippen LogP contribution in [0.5, 0.6) is 0 Å². The number of carbonyl (C=O) groups is 2. The molecule has 1 aromatic carbocycles. The van der Waals surface area contributed by atoms with Gasteiger partial charge < -0.3 is 5.32 Å². The number of benzene rings is 1. The fourth-order valence-corrected chi connectivity index (χ4v) is 2.38. The van der Waals surface area contributed by atoms with E-state index < -0.39 is 6.03 Å². The zero-order chi connectivity index (χ0) is 18.2. The summed E-state index contributed by atoms with van der Waals surface area (Å²) in [6, 6.07) is 7.68. The Labute approximate surface area is 145 Å². The second-order valence-electron chi connectivity index (χ2n) is 5.76. The molecule has 0 aliphatic rings. The van der Waals surface area contributed by atoms with Crippen molar-refractivity contribution in [2.45, 2.75) is 12.8 Å². The van der Waals surface area contributed by atoms with Crippen LogP contribution in [-0.4, -0.2) is 54.2 Å². The van der Waals surface area contributed by atoms with E-state index in [1.165, 1.54) is 19.2 Å². The molecule has 134 valence electrons. The van der Waals surface area contributed by atoms with Crippen LogP contribution in [0.1, 0.15) is 12.1 Å². The molecule has 3 amide bonds. The van der Waals surface area contributed by atoms with Crippen molar-refractivity contribution in [3.63, 3.8) is 0 Å². The van der Waals surface area contributed by atoms with Gasteiger partial charge >= 0.3 is 6.03 Å². The second kappa shape index (κ2) is 8.93. The Balaban J connectivity index is 1.77. The molecule has 0 unspecified atom stereocenters. The molecule has 1 aromatic heterocycles. The summed E-state index contributed by atoms with van der Waals surface area (Å²) in [6.07, 6.45) is 1.57. The predicted molar refractivity (Wildman–Crippen MR) is 92.4 cm³/mol. The summed E-state index contributed by atoms with van der Waals surface area (Å²) in [5.41, 5.74) is 2.38. The van der Waals surface area contributed by atoms with E-state index in [2.05, 4.69) is 20.8 Å². The highest BCUT2D eigenvalue weighted by Crippen LogP contribution is 2.19. The summed E-state index contributed by atoms with van der Waals surface area (Å²) in [6.45, 7) is 0.834. The van der Waals surface area contributed by atoms with Crippen molar-refractivity contribution in [1.82, 2.24) is 25.7 Å². The molecule has 0 aliphatic carbocycles. The number of likely N-dealkylation sites (N-methyl/N-ethyl adjacent to an activating group) is 1. The lowest BCUT2D eigenvalue weighted by Crippen LogP contribution is -2.42. The third-order valence-corrected chi connectivity index (χ3v) is 3.63. The Kier molecular flexibility index (Phi) is 6.64. The maximum atomic E-state index is 13.3. The van der Waals surface area contributed by atoms with Crippen molar-refractivity contribution in [3.8, 4) is 11.3 Å². The minimum absolute atomic E-state index is 0.144. The number of aromatic nitrogens is 2. The average Bonchev–Trinajstić information content (AvgIpc) is 3.03. The minimum atomic E-state index is -0.513. The third-order valence-electron chi connectivity index (χ3n) is 3.63. The number of imide groups is 1. The molecule has 1 heterocycles. The number of aryl methyl sites for hydroxylation is 1. The SMILES string of the molecule is CNC(=O)NC(=O)CN(C)CCCc1cc(-c2cccc(F)c2)n[nH]1. The van der Waals surface area contributed by atoms with Crippen LogP contribution < -0.4 is 10.6 Å². The van der Waals surface area contributed by atoms with Gasteiger partial charge in [0, 0.05) is 18.3 Å². The van der Waals surface area contributed by atoms with Gasteiger partial charge in [-0.25, -0.2) is 9.18 Å². The number of carbonyl (C=O) groups excluding carboxylic acids is 2. The van der Waals surface area contributed by atoms with Crippen LogP contribution in [0.3, 0.4) is 0 Å². The second-order valence-corrected chi connectivity index (χ2v) is 5.76. The average molecular weight is 347 g/mol. The molecule has 0 saturated heterocycles. The Morgan fingerprint density at radius 2 is 2.12 bits per heavy atom. The maximum Gasteiger partial charge on any atom is 0.321 e. The summed E-state index contributed by atoms with van der Waals surface area (Å²) in [5, 5.41) is 11.7. The molecule has 3 N–H and O–H groups in total. The number of hydrogen-bond acceptors (Lipinski definition) is 4.